The average molecular weight is 209 g/mol. The minimum Gasteiger partial charge on any atom is -0.480 e. The van der Waals surface area contributed by atoms with Gasteiger partial charge in [0.2, 0.25) is 0 Å². The van der Waals surface area contributed by atoms with Gasteiger partial charge in [0.1, 0.15) is 11.9 Å². The van der Waals surface area contributed by atoms with Crippen LogP contribution < -0.4 is 5.73 Å². The molecule has 82 valence electrons. The number of nitrogens with two attached hydrogens (primary N) is 1. The van der Waals surface area contributed by atoms with Gasteiger partial charge < -0.3 is 15.4 Å². The molecule has 1 unspecified atom stereocenters. The van der Waals surface area contributed by atoms with Crippen molar-refractivity contribution in [3.63, 3.8) is 0 Å². The van der Waals surface area contributed by atoms with E-state index in [1.54, 1.807) is 6.20 Å². The number of rotatable bonds is 5. The fraction of sp³-hybridized carbons (Fsp3) is 0.600. The zero-order valence-electron chi connectivity index (χ0n) is 8.47. The first kappa shape index (κ1) is 10.2. The summed E-state index contributed by atoms with van der Waals surface area (Å²) >= 11 is 0. The standard InChI is InChI=1S/C10H15N3O2/c11-8(10(14)15)3-5-13-6-4-12-9(13)7-1-2-7/h4,6-8H,1-3,5,11H2,(H,14,15). The van der Waals surface area contributed by atoms with Crippen molar-refractivity contribution in [2.75, 3.05) is 0 Å². The second kappa shape index (κ2) is 4.02. The van der Waals surface area contributed by atoms with E-state index in [0.29, 0.717) is 18.9 Å². The highest BCUT2D eigenvalue weighted by Crippen LogP contribution is 2.38. The Balaban J connectivity index is 1.92. The van der Waals surface area contributed by atoms with E-state index in [0.717, 1.165) is 5.82 Å². The predicted octanol–water partition coefficient (Wildman–Crippen LogP) is 0.562. The maximum atomic E-state index is 10.5. The molecule has 3 N–H and O–H groups in total. The number of nitrogens with zero attached hydrogens (tertiary/aromatic N) is 2. The first-order valence-corrected chi connectivity index (χ1v) is 5.18. The van der Waals surface area contributed by atoms with Crippen LogP contribution in [0.3, 0.4) is 0 Å². The van der Waals surface area contributed by atoms with Gasteiger partial charge in [-0.3, -0.25) is 4.79 Å². The van der Waals surface area contributed by atoms with E-state index in [1.807, 2.05) is 10.8 Å². The summed E-state index contributed by atoms with van der Waals surface area (Å²) in [6.07, 6.45) is 6.50. The molecule has 1 aromatic rings. The van der Waals surface area contributed by atoms with Crippen molar-refractivity contribution in [1.82, 2.24) is 9.55 Å². The number of hydrogen-bond acceptors (Lipinski definition) is 3. The lowest BCUT2D eigenvalue weighted by molar-refractivity contribution is -0.138. The Bertz CT molecular complexity index is 357. The van der Waals surface area contributed by atoms with Crippen LogP contribution in [0.2, 0.25) is 0 Å². The van der Waals surface area contributed by atoms with Crippen molar-refractivity contribution < 1.29 is 9.90 Å². The summed E-state index contributed by atoms with van der Waals surface area (Å²) in [6, 6.07) is -0.778. The molecular formula is C10H15N3O2. The van der Waals surface area contributed by atoms with E-state index in [1.165, 1.54) is 12.8 Å². The van der Waals surface area contributed by atoms with E-state index in [2.05, 4.69) is 4.98 Å². The fourth-order valence-corrected chi connectivity index (χ4v) is 1.61. The highest BCUT2D eigenvalue weighted by molar-refractivity contribution is 5.72. The predicted molar refractivity (Wildman–Crippen MR) is 54.4 cm³/mol. The molecule has 0 aliphatic heterocycles. The minimum absolute atomic E-state index is 0.450. The first-order chi connectivity index (χ1) is 7.18. The van der Waals surface area contributed by atoms with E-state index >= 15 is 0 Å². The van der Waals surface area contributed by atoms with Gasteiger partial charge in [0.05, 0.1) is 0 Å². The average Bonchev–Trinajstić information content (AvgIpc) is 2.94. The summed E-state index contributed by atoms with van der Waals surface area (Å²) < 4.78 is 2.01. The fourth-order valence-electron chi connectivity index (χ4n) is 1.61. The monoisotopic (exact) mass is 209 g/mol. The lowest BCUT2D eigenvalue weighted by Gasteiger charge is -2.09. The van der Waals surface area contributed by atoms with Crippen LogP contribution in [0.25, 0.3) is 0 Å². The summed E-state index contributed by atoms with van der Waals surface area (Å²) in [4.78, 5) is 14.8. The van der Waals surface area contributed by atoms with Gasteiger partial charge in [-0.05, 0) is 19.3 Å². The SMILES string of the molecule is NC(CCn1ccnc1C1CC1)C(=O)O. The molecule has 1 aliphatic carbocycles. The van der Waals surface area contributed by atoms with Gasteiger partial charge in [-0.1, -0.05) is 0 Å². The van der Waals surface area contributed by atoms with Gasteiger partial charge in [-0.25, -0.2) is 4.98 Å². The van der Waals surface area contributed by atoms with Crippen LogP contribution >= 0.6 is 0 Å². The third-order valence-electron chi connectivity index (χ3n) is 2.69. The Morgan fingerprint density at radius 3 is 3.07 bits per heavy atom. The maximum Gasteiger partial charge on any atom is 0.320 e. The molecule has 2 rings (SSSR count). The van der Waals surface area contributed by atoms with Crippen LogP contribution in [0.4, 0.5) is 0 Å². The number of carboxylic acids is 1. The van der Waals surface area contributed by atoms with Crippen LogP contribution in [0.15, 0.2) is 12.4 Å². The zero-order chi connectivity index (χ0) is 10.8. The Hall–Kier alpha value is -1.36. The molecule has 0 radical (unpaired) electrons. The second-order valence-corrected chi connectivity index (χ2v) is 3.99. The third-order valence-corrected chi connectivity index (χ3v) is 2.69. The normalized spacial score (nSPS) is 17.7. The summed E-state index contributed by atoms with van der Waals surface area (Å²) in [6.45, 7) is 0.638. The van der Waals surface area contributed by atoms with E-state index < -0.39 is 12.0 Å². The Morgan fingerprint density at radius 2 is 2.47 bits per heavy atom. The van der Waals surface area contributed by atoms with Gasteiger partial charge in [-0.15, -0.1) is 0 Å². The lowest BCUT2D eigenvalue weighted by Crippen LogP contribution is -2.31. The summed E-state index contributed by atoms with van der Waals surface area (Å²) in [5.41, 5.74) is 5.44. The number of aromatic nitrogens is 2. The van der Waals surface area contributed by atoms with Crippen molar-refractivity contribution in [3.8, 4) is 0 Å². The minimum atomic E-state index is -0.942. The molecule has 0 spiro atoms. The molecule has 1 atom stereocenters. The molecule has 0 aromatic carbocycles. The molecule has 1 saturated carbocycles. The van der Waals surface area contributed by atoms with E-state index in [-0.39, 0.29) is 0 Å². The number of aliphatic carboxylic acids is 1. The molecule has 1 fully saturated rings. The zero-order valence-corrected chi connectivity index (χ0v) is 8.47. The van der Waals surface area contributed by atoms with Crippen LogP contribution in [0.5, 0.6) is 0 Å². The molecule has 0 amide bonds. The number of carboxylic acid groups (broad SMARTS) is 1. The van der Waals surface area contributed by atoms with Crippen molar-refractivity contribution in [2.45, 2.75) is 37.8 Å². The Labute approximate surface area is 87.9 Å². The number of imidazole rings is 1. The first-order valence-electron chi connectivity index (χ1n) is 5.18. The van der Waals surface area contributed by atoms with Crippen molar-refractivity contribution >= 4 is 5.97 Å². The summed E-state index contributed by atoms with van der Waals surface area (Å²) in [5.74, 6) is 0.719. The lowest BCUT2D eigenvalue weighted by atomic mass is 10.2. The molecule has 15 heavy (non-hydrogen) atoms. The highest BCUT2D eigenvalue weighted by atomic mass is 16.4. The highest BCUT2D eigenvalue weighted by Gasteiger charge is 2.27. The van der Waals surface area contributed by atoms with Crippen LogP contribution in [0.1, 0.15) is 31.0 Å². The van der Waals surface area contributed by atoms with E-state index in [9.17, 15) is 4.79 Å². The van der Waals surface area contributed by atoms with Crippen molar-refractivity contribution in [3.05, 3.63) is 18.2 Å². The Kier molecular flexibility index (Phi) is 2.73. The number of hydrogen-bond donors (Lipinski definition) is 2. The molecule has 5 nitrogen and oxygen atoms in total. The van der Waals surface area contributed by atoms with E-state index in [4.69, 9.17) is 10.8 Å². The molecule has 1 aliphatic rings. The largest absolute Gasteiger partial charge is 0.480 e. The molecule has 1 heterocycles. The summed E-state index contributed by atoms with van der Waals surface area (Å²) in [7, 11) is 0. The van der Waals surface area contributed by atoms with Crippen molar-refractivity contribution in [1.29, 1.82) is 0 Å². The van der Waals surface area contributed by atoms with Gasteiger partial charge in [0.15, 0.2) is 0 Å². The molecule has 5 heteroatoms. The maximum absolute atomic E-state index is 10.5. The van der Waals surface area contributed by atoms with Crippen LogP contribution in [-0.4, -0.2) is 26.7 Å². The second-order valence-electron chi connectivity index (χ2n) is 3.99. The third kappa shape index (κ3) is 2.36. The van der Waals surface area contributed by atoms with Crippen LogP contribution in [-0.2, 0) is 11.3 Å². The quantitative estimate of drug-likeness (QED) is 0.742. The van der Waals surface area contributed by atoms with Gasteiger partial charge in [0.25, 0.3) is 0 Å². The molecule has 0 saturated heterocycles. The van der Waals surface area contributed by atoms with Crippen molar-refractivity contribution in [2.24, 2.45) is 5.73 Å². The molecular weight excluding hydrogens is 194 g/mol. The van der Waals surface area contributed by atoms with Gasteiger partial charge in [-0.2, -0.15) is 0 Å². The number of carbonyl (C=O) groups is 1. The summed E-state index contributed by atoms with van der Waals surface area (Å²) in [5, 5.41) is 8.65. The Morgan fingerprint density at radius 1 is 1.73 bits per heavy atom. The molecule has 1 aromatic heterocycles. The smallest absolute Gasteiger partial charge is 0.320 e. The van der Waals surface area contributed by atoms with Crippen LogP contribution in [0, 0.1) is 0 Å². The number of aryl methyl sites for hydroxylation is 1. The topological polar surface area (TPSA) is 81.1 Å². The molecule has 0 bridgehead atoms. The van der Waals surface area contributed by atoms with Gasteiger partial charge >= 0.3 is 5.97 Å². The van der Waals surface area contributed by atoms with Gasteiger partial charge in [0, 0.05) is 24.9 Å².